The maximum Gasteiger partial charge on any atom is 0.308 e. The molecular weight excluding hydrogens is 267 g/mol. The van der Waals surface area contributed by atoms with Gasteiger partial charge in [0.25, 0.3) is 0 Å². The van der Waals surface area contributed by atoms with Crippen molar-refractivity contribution in [1.29, 1.82) is 0 Å². The topological polar surface area (TPSA) is 35.5 Å². The normalized spacial score (nSPS) is 9.80. The Morgan fingerprint density at radius 1 is 1.53 bits per heavy atom. The molecule has 1 aromatic rings. The molecule has 1 aromatic carbocycles. The van der Waals surface area contributed by atoms with Crippen molar-refractivity contribution in [3.05, 3.63) is 28.5 Å². The van der Waals surface area contributed by atoms with Crippen LogP contribution in [-0.4, -0.2) is 19.7 Å². The zero-order valence-corrected chi connectivity index (χ0v) is 9.71. The number of hydrogen-bond acceptors (Lipinski definition) is 3. The Hall–Kier alpha value is -1.10. The number of methoxy groups -OCH3 is 1. The van der Waals surface area contributed by atoms with Crippen LogP contribution in [0.25, 0.3) is 0 Å². The van der Waals surface area contributed by atoms with Crippen LogP contribution in [0.5, 0.6) is 5.75 Å². The van der Waals surface area contributed by atoms with Gasteiger partial charge in [-0.2, -0.15) is 0 Å². The Kier molecular flexibility index (Phi) is 4.55. The third-order valence-corrected chi connectivity index (χ3v) is 2.18. The summed E-state index contributed by atoms with van der Waals surface area (Å²) in [4.78, 5) is 10.7. The highest BCUT2D eigenvalue weighted by Crippen LogP contribution is 2.22. The molecule has 0 N–H and O–H groups in total. The molecule has 0 atom stereocenters. The number of benzene rings is 1. The summed E-state index contributed by atoms with van der Waals surface area (Å²) in [5.74, 6) is -0.721. The average Bonchev–Trinajstić information content (AvgIpc) is 2.23. The van der Waals surface area contributed by atoms with Gasteiger partial charge >= 0.3 is 5.97 Å². The molecule has 5 heteroatoms. The lowest BCUT2D eigenvalue weighted by molar-refractivity contribution is -0.141. The number of rotatable bonds is 4. The van der Waals surface area contributed by atoms with Gasteiger partial charge in [-0.1, -0.05) is 15.9 Å². The molecule has 0 heterocycles. The van der Waals surface area contributed by atoms with Crippen LogP contribution in [-0.2, 0) is 9.53 Å². The van der Waals surface area contributed by atoms with Crippen LogP contribution in [0.1, 0.15) is 6.42 Å². The molecule has 15 heavy (non-hydrogen) atoms. The molecule has 0 bridgehead atoms. The summed E-state index contributed by atoms with van der Waals surface area (Å²) in [5.41, 5.74) is 0. The van der Waals surface area contributed by atoms with Crippen molar-refractivity contribution >= 4 is 21.9 Å². The predicted octanol–water partition coefficient (Wildman–Crippen LogP) is 2.53. The maximum atomic E-state index is 13.1. The molecular formula is C10H10BrFO3. The average molecular weight is 277 g/mol. The molecule has 0 aromatic heterocycles. The molecule has 0 fully saturated rings. The summed E-state index contributed by atoms with van der Waals surface area (Å²) in [6.45, 7) is 0.0973. The van der Waals surface area contributed by atoms with Crippen molar-refractivity contribution in [2.75, 3.05) is 13.7 Å². The first-order valence-corrected chi connectivity index (χ1v) is 5.07. The van der Waals surface area contributed by atoms with Gasteiger partial charge in [-0.15, -0.1) is 0 Å². The van der Waals surface area contributed by atoms with E-state index in [1.165, 1.54) is 19.2 Å². The summed E-state index contributed by atoms with van der Waals surface area (Å²) in [6.07, 6.45) is 0.0997. The second kappa shape index (κ2) is 5.70. The van der Waals surface area contributed by atoms with Gasteiger partial charge in [0.05, 0.1) is 20.1 Å². The fourth-order valence-corrected chi connectivity index (χ4v) is 1.27. The van der Waals surface area contributed by atoms with Crippen LogP contribution in [0.2, 0.25) is 0 Å². The van der Waals surface area contributed by atoms with Crippen molar-refractivity contribution in [1.82, 2.24) is 0 Å². The minimum absolute atomic E-state index is 0.0973. The lowest BCUT2D eigenvalue weighted by Gasteiger charge is -2.06. The van der Waals surface area contributed by atoms with E-state index in [2.05, 4.69) is 20.7 Å². The molecule has 82 valence electrons. The summed E-state index contributed by atoms with van der Waals surface area (Å²) in [5, 5.41) is 0. The van der Waals surface area contributed by atoms with Crippen LogP contribution in [0, 0.1) is 5.82 Å². The molecule has 0 aliphatic carbocycles. The van der Waals surface area contributed by atoms with Crippen LogP contribution in [0.15, 0.2) is 22.7 Å². The van der Waals surface area contributed by atoms with E-state index in [0.717, 1.165) is 4.47 Å². The van der Waals surface area contributed by atoms with Gasteiger partial charge in [0.15, 0.2) is 11.6 Å². The van der Waals surface area contributed by atoms with Crippen molar-refractivity contribution in [2.45, 2.75) is 6.42 Å². The SMILES string of the molecule is COC(=O)CCOc1cc(Br)ccc1F. The number of esters is 1. The Labute approximate surface area is 95.3 Å². The first kappa shape index (κ1) is 12.0. The third-order valence-electron chi connectivity index (χ3n) is 1.68. The second-order valence-corrected chi connectivity index (χ2v) is 3.67. The second-order valence-electron chi connectivity index (χ2n) is 2.75. The van der Waals surface area contributed by atoms with Gasteiger partial charge in [-0.3, -0.25) is 4.79 Å². The Morgan fingerprint density at radius 2 is 2.27 bits per heavy atom. The minimum atomic E-state index is -0.455. The summed E-state index contributed by atoms with van der Waals surface area (Å²) in [7, 11) is 1.29. The zero-order chi connectivity index (χ0) is 11.3. The van der Waals surface area contributed by atoms with Crippen LogP contribution in [0.4, 0.5) is 4.39 Å². The van der Waals surface area contributed by atoms with E-state index in [9.17, 15) is 9.18 Å². The van der Waals surface area contributed by atoms with Crippen molar-refractivity contribution in [3.8, 4) is 5.75 Å². The molecule has 0 radical (unpaired) electrons. The van der Waals surface area contributed by atoms with Gasteiger partial charge in [-0.25, -0.2) is 4.39 Å². The quantitative estimate of drug-likeness (QED) is 0.793. The molecule has 3 nitrogen and oxygen atoms in total. The first-order valence-electron chi connectivity index (χ1n) is 4.28. The fraction of sp³-hybridized carbons (Fsp3) is 0.300. The lowest BCUT2D eigenvalue weighted by Crippen LogP contribution is -2.08. The van der Waals surface area contributed by atoms with E-state index in [0.29, 0.717) is 0 Å². The zero-order valence-electron chi connectivity index (χ0n) is 8.13. The number of halogens is 2. The van der Waals surface area contributed by atoms with E-state index in [1.54, 1.807) is 6.07 Å². The van der Waals surface area contributed by atoms with Gasteiger partial charge in [-0.05, 0) is 18.2 Å². The highest BCUT2D eigenvalue weighted by molar-refractivity contribution is 9.10. The molecule has 0 aliphatic rings. The molecule has 0 unspecified atom stereocenters. The molecule has 1 rings (SSSR count). The first-order chi connectivity index (χ1) is 7.13. The number of carbonyl (C=O) groups excluding carboxylic acids is 1. The van der Waals surface area contributed by atoms with Gasteiger partial charge in [0.1, 0.15) is 0 Å². The molecule has 0 saturated carbocycles. The Morgan fingerprint density at radius 3 is 2.93 bits per heavy atom. The van der Waals surface area contributed by atoms with E-state index in [-0.39, 0.29) is 24.7 Å². The number of carbonyl (C=O) groups is 1. The van der Waals surface area contributed by atoms with Crippen molar-refractivity contribution in [3.63, 3.8) is 0 Å². The Balaban J connectivity index is 2.50. The van der Waals surface area contributed by atoms with E-state index in [4.69, 9.17) is 4.74 Å². The van der Waals surface area contributed by atoms with Crippen LogP contribution < -0.4 is 4.74 Å². The van der Waals surface area contributed by atoms with Gasteiger partial charge in [0.2, 0.25) is 0 Å². The van der Waals surface area contributed by atoms with Gasteiger partial charge in [0, 0.05) is 4.47 Å². The van der Waals surface area contributed by atoms with Gasteiger partial charge < -0.3 is 9.47 Å². The largest absolute Gasteiger partial charge is 0.490 e. The summed E-state index contributed by atoms with van der Waals surface area (Å²) >= 11 is 3.19. The maximum absolute atomic E-state index is 13.1. The van der Waals surface area contributed by atoms with Crippen molar-refractivity contribution in [2.24, 2.45) is 0 Å². The molecule has 0 aliphatic heterocycles. The highest BCUT2D eigenvalue weighted by Gasteiger charge is 2.05. The Bertz CT molecular complexity index is 355. The lowest BCUT2D eigenvalue weighted by atomic mass is 10.3. The molecule has 0 saturated heterocycles. The standard InChI is InChI=1S/C10H10BrFO3/c1-14-10(13)4-5-15-9-6-7(11)2-3-8(9)12/h2-3,6H,4-5H2,1H3. The predicted molar refractivity (Wildman–Crippen MR) is 56.2 cm³/mol. The minimum Gasteiger partial charge on any atom is -0.490 e. The third kappa shape index (κ3) is 3.87. The van der Waals surface area contributed by atoms with E-state index < -0.39 is 5.82 Å². The highest BCUT2D eigenvalue weighted by atomic mass is 79.9. The van der Waals surface area contributed by atoms with Crippen molar-refractivity contribution < 1.29 is 18.7 Å². The summed E-state index contributed by atoms with van der Waals surface area (Å²) in [6, 6.07) is 4.37. The smallest absolute Gasteiger partial charge is 0.308 e. The molecule has 0 amide bonds. The number of hydrogen-bond donors (Lipinski definition) is 0. The number of ether oxygens (including phenoxy) is 2. The monoisotopic (exact) mass is 276 g/mol. The summed E-state index contributed by atoms with van der Waals surface area (Å²) < 4.78 is 23.3. The van der Waals surface area contributed by atoms with Crippen LogP contribution in [0.3, 0.4) is 0 Å². The molecule has 0 spiro atoms. The fourth-order valence-electron chi connectivity index (χ4n) is 0.934. The van der Waals surface area contributed by atoms with E-state index >= 15 is 0 Å². The van der Waals surface area contributed by atoms with E-state index in [1.807, 2.05) is 0 Å². The van der Waals surface area contributed by atoms with Crippen LogP contribution >= 0.6 is 15.9 Å².